The molecule has 11 heteroatoms. The highest BCUT2D eigenvalue weighted by molar-refractivity contribution is 7.92. The molecule has 2 aromatic rings. The van der Waals surface area contributed by atoms with Gasteiger partial charge in [0.25, 0.3) is 0 Å². The Morgan fingerprint density at radius 1 is 1.06 bits per heavy atom. The second-order valence-corrected chi connectivity index (χ2v) is 10.9. The normalized spacial score (nSPS) is 12.2. The molecule has 0 bridgehead atoms. The quantitative estimate of drug-likeness (QED) is 0.394. The SMILES string of the molecule is CCCCNC(=O)[C@@H](CC)N(Cc1ccc(F)cc1)C(=O)CN(c1cc(Cl)cc(Cl)c1)S(C)(=O)=O. The number of anilines is 1. The zero-order chi connectivity index (χ0) is 26.2. The highest BCUT2D eigenvalue weighted by atomic mass is 35.5. The van der Waals surface area contributed by atoms with E-state index in [0.717, 1.165) is 23.4 Å². The average molecular weight is 546 g/mol. The van der Waals surface area contributed by atoms with Gasteiger partial charge in [-0.05, 0) is 48.7 Å². The van der Waals surface area contributed by atoms with Crippen molar-refractivity contribution in [2.45, 2.75) is 45.7 Å². The third kappa shape index (κ3) is 8.66. The lowest BCUT2D eigenvalue weighted by Gasteiger charge is -2.33. The Bertz CT molecular complexity index is 1110. The highest BCUT2D eigenvalue weighted by Crippen LogP contribution is 2.27. The lowest BCUT2D eigenvalue weighted by Crippen LogP contribution is -2.52. The predicted octanol–water partition coefficient (Wildman–Crippen LogP) is 4.62. The zero-order valence-corrected chi connectivity index (χ0v) is 22.3. The Morgan fingerprint density at radius 3 is 2.17 bits per heavy atom. The molecule has 2 rings (SSSR count). The largest absolute Gasteiger partial charge is 0.354 e. The lowest BCUT2D eigenvalue weighted by atomic mass is 10.1. The lowest BCUT2D eigenvalue weighted by molar-refractivity contribution is -0.140. The number of hydrogen-bond acceptors (Lipinski definition) is 4. The summed E-state index contributed by atoms with van der Waals surface area (Å²) in [4.78, 5) is 27.8. The number of amides is 2. The van der Waals surface area contributed by atoms with Gasteiger partial charge in [0.15, 0.2) is 0 Å². The molecule has 2 aromatic carbocycles. The summed E-state index contributed by atoms with van der Waals surface area (Å²) >= 11 is 12.1. The van der Waals surface area contributed by atoms with Gasteiger partial charge in [0, 0.05) is 23.1 Å². The fourth-order valence-electron chi connectivity index (χ4n) is 3.51. The van der Waals surface area contributed by atoms with E-state index in [-0.39, 0.29) is 28.2 Å². The maximum atomic E-state index is 13.5. The van der Waals surface area contributed by atoms with E-state index in [1.807, 2.05) is 6.92 Å². The number of carbonyl (C=O) groups is 2. The second-order valence-electron chi connectivity index (χ2n) is 8.11. The number of sulfonamides is 1. The van der Waals surface area contributed by atoms with Gasteiger partial charge in [-0.3, -0.25) is 13.9 Å². The van der Waals surface area contributed by atoms with E-state index in [4.69, 9.17) is 23.2 Å². The molecule has 0 radical (unpaired) electrons. The van der Waals surface area contributed by atoms with Gasteiger partial charge < -0.3 is 10.2 Å². The van der Waals surface area contributed by atoms with E-state index in [0.29, 0.717) is 18.5 Å². The summed E-state index contributed by atoms with van der Waals surface area (Å²) in [6, 6.07) is 8.93. The van der Waals surface area contributed by atoms with Crippen LogP contribution >= 0.6 is 23.2 Å². The summed E-state index contributed by atoms with van der Waals surface area (Å²) in [7, 11) is -3.91. The van der Waals surface area contributed by atoms with Crippen LogP contribution < -0.4 is 9.62 Å². The van der Waals surface area contributed by atoms with Gasteiger partial charge in [-0.15, -0.1) is 0 Å². The van der Waals surface area contributed by atoms with Gasteiger partial charge in [-0.2, -0.15) is 0 Å². The summed E-state index contributed by atoms with van der Waals surface area (Å²) in [5.74, 6) is -1.38. The summed E-state index contributed by atoms with van der Waals surface area (Å²) in [5, 5.41) is 3.25. The van der Waals surface area contributed by atoms with Crippen molar-refractivity contribution < 1.29 is 22.4 Å². The molecule has 0 spiro atoms. The smallest absolute Gasteiger partial charge is 0.244 e. The van der Waals surface area contributed by atoms with E-state index in [1.165, 1.54) is 47.4 Å². The summed E-state index contributed by atoms with van der Waals surface area (Å²) < 4.78 is 39.5. The second kappa shape index (κ2) is 13.1. The number of benzene rings is 2. The number of unbranched alkanes of at least 4 members (excludes halogenated alkanes) is 1. The van der Waals surface area contributed by atoms with Crippen molar-refractivity contribution in [3.05, 3.63) is 63.9 Å². The van der Waals surface area contributed by atoms with Crippen molar-refractivity contribution in [1.29, 1.82) is 0 Å². The fraction of sp³-hybridized carbons (Fsp3) is 0.417. The van der Waals surface area contributed by atoms with Gasteiger partial charge in [0.1, 0.15) is 18.4 Å². The molecule has 7 nitrogen and oxygen atoms in total. The van der Waals surface area contributed by atoms with Crippen molar-refractivity contribution in [3.8, 4) is 0 Å². The molecule has 0 unspecified atom stereocenters. The van der Waals surface area contributed by atoms with Crippen LogP contribution in [0.25, 0.3) is 0 Å². The van der Waals surface area contributed by atoms with Crippen molar-refractivity contribution in [1.82, 2.24) is 10.2 Å². The Balaban J connectivity index is 2.42. The number of nitrogens with zero attached hydrogens (tertiary/aromatic N) is 2. The van der Waals surface area contributed by atoms with E-state index in [9.17, 15) is 22.4 Å². The Morgan fingerprint density at radius 2 is 1.66 bits per heavy atom. The maximum Gasteiger partial charge on any atom is 0.244 e. The number of halogens is 3. The first-order valence-corrected chi connectivity index (χ1v) is 13.8. The third-order valence-corrected chi connectivity index (χ3v) is 6.87. The summed E-state index contributed by atoms with van der Waals surface area (Å²) in [6.07, 6.45) is 2.94. The van der Waals surface area contributed by atoms with Crippen molar-refractivity contribution in [2.75, 3.05) is 23.7 Å². The minimum Gasteiger partial charge on any atom is -0.354 e. The van der Waals surface area contributed by atoms with E-state index in [2.05, 4.69) is 5.32 Å². The standard InChI is InChI=1S/C24H30Cl2FN3O4S/c1-4-6-11-28-24(32)22(5-2)29(15-17-7-9-20(27)10-8-17)23(31)16-30(35(3,33)34)21-13-18(25)12-19(26)14-21/h7-10,12-14,22H,4-6,11,15-16H2,1-3H3,(H,28,32)/t22-/m1/s1. The summed E-state index contributed by atoms with van der Waals surface area (Å²) in [6.45, 7) is 3.64. The van der Waals surface area contributed by atoms with Crippen LogP contribution in [0.1, 0.15) is 38.7 Å². The van der Waals surface area contributed by atoms with E-state index >= 15 is 0 Å². The van der Waals surface area contributed by atoms with Gasteiger partial charge in [0.05, 0.1) is 11.9 Å². The first-order chi connectivity index (χ1) is 16.5. The number of nitrogens with one attached hydrogen (secondary N) is 1. The summed E-state index contributed by atoms with van der Waals surface area (Å²) in [5.41, 5.74) is 0.719. The molecular weight excluding hydrogens is 516 g/mol. The zero-order valence-electron chi connectivity index (χ0n) is 19.9. The molecule has 0 heterocycles. The van der Waals surface area contributed by atoms with Crippen molar-refractivity contribution >= 4 is 50.7 Å². The van der Waals surface area contributed by atoms with Crippen LogP contribution in [0.2, 0.25) is 10.0 Å². The van der Waals surface area contributed by atoms with Crippen molar-refractivity contribution in [3.63, 3.8) is 0 Å². The predicted molar refractivity (Wildman–Crippen MR) is 138 cm³/mol. The molecule has 2 amide bonds. The monoisotopic (exact) mass is 545 g/mol. The first-order valence-electron chi connectivity index (χ1n) is 11.2. The molecule has 0 aliphatic rings. The third-order valence-electron chi connectivity index (χ3n) is 5.30. The molecule has 35 heavy (non-hydrogen) atoms. The van der Waals surface area contributed by atoms with Crippen LogP contribution in [-0.4, -0.2) is 50.5 Å². The molecular formula is C24H30Cl2FN3O4S. The van der Waals surface area contributed by atoms with Gasteiger partial charge in [-0.25, -0.2) is 12.8 Å². The fourth-order valence-corrected chi connectivity index (χ4v) is 4.86. The Hall–Kier alpha value is -2.36. The number of hydrogen-bond donors (Lipinski definition) is 1. The van der Waals surface area contributed by atoms with Gasteiger partial charge in [-0.1, -0.05) is 55.6 Å². The van der Waals surface area contributed by atoms with Crippen LogP contribution in [0.4, 0.5) is 10.1 Å². The Kier molecular flexibility index (Phi) is 10.8. The number of rotatable bonds is 12. The first kappa shape index (κ1) is 28.9. The van der Waals surface area contributed by atoms with E-state index in [1.54, 1.807) is 6.92 Å². The van der Waals surface area contributed by atoms with Crippen LogP contribution in [0.5, 0.6) is 0 Å². The highest BCUT2D eigenvalue weighted by Gasteiger charge is 2.31. The molecule has 0 aliphatic carbocycles. The molecule has 0 saturated carbocycles. The molecule has 1 N–H and O–H groups in total. The van der Waals surface area contributed by atoms with E-state index < -0.39 is 34.3 Å². The van der Waals surface area contributed by atoms with Crippen LogP contribution in [0, 0.1) is 5.82 Å². The molecule has 0 saturated heterocycles. The topological polar surface area (TPSA) is 86.8 Å². The van der Waals surface area contributed by atoms with Gasteiger partial charge >= 0.3 is 0 Å². The average Bonchev–Trinajstić information content (AvgIpc) is 2.77. The minimum atomic E-state index is -3.91. The van der Waals surface area contributed by atoms with Crippen molar-refractivity contribution in [2.24, 2.45) is 0 Å². The minimum absolute atomic E-state index is 0.00722. The van der Waals surface area contributed by atoms with Gasteiger partial charge in [0.2, 0.25) is 21.8 Å². The van der Waals surface area contributed by atoms with Crippen LogP contribution in [-0.2, 0) is 26.2 Å². The molecule has 1 atom stereocenters. The van der Waals surface area contributed by atoms with Crippen LogP contribution in [0.3, 0.4) is 0 Å². The number of carbonyl (C=O) groups excluding carboxylic acids is 2. The Labute approximate surface area is 216 Å². The molecule has 0 fully saturated rings. The molecule has 0 aliphatic heterocycles. The van der Waals surface area contributed by atoms with Crippen LogP contribution in [0.15, 0.2) is 42.5 Å². The molecule has 0 aromatic heterocycles. The molecule has 192 valence electrons. The maximum absolute atomic E-state index is 13.5.